The molecule has 1 aliphatic rings. The molecule has 1 unspecified atom stereocenters. The summed E-state index contributed by atoms with van der Waals surface area (Å²) in [7, 11) is -1.74. The fourth-order valence-electron chi connectivity index (χ4n) is 1.67. The predicted molar refractivity (Wildman–Crippen MR) is 68.1 cm³/mol. The molecule has 1 aliphatic heterocycles. The van der Waals surface area contributed by atoms with Crippen molar-refractivity contribution in [3.05, 3.63) is 0 Å². The van der Waals surface area contributed by atoms with Gasteiger partial charge in [-0.25, -0.2) is 0 Å². The van der Waals surface area contributed by atoms with E-state index in [-0.39, 0.29) is 23.9 Å². The Morgan fingerprint density at radius 2 is 2.00 bits per heavy atom. The van der Waals surface area contributed by atoms with Crippen LogP contribution in [0.15, 0.2) is 0 Å². The SMILES string of the molecule is CC(C)(C)[Si](C)(C)OC1CCCO[C@H]1CO. The van der Waals surface area contributed by atoms with Crippen LogP contribution < -0.4 is 0 Å². The van der Waals surface area contributed by atoms with Crippen LogP contribution in [0.4, 0.5) is 0 Å². The summed E-state index contributed by atoms with van der Waals surface area (Å²) in [4.78, 5) is 0. The van der Waals surface area contributed by atoms with E-state index in [4.69, 9.17) is 9.16 Å². The largest absolute Gasteiger partial charge is 0.411 e. The van der Waals surface area contributed by atoms with Crippen molar-refractivity contribution in [2.75, 3.05) is 13.2 Å². The molecule has 0 aromatic rings. The molecule has 0 spiro atoms. The average molecular weight is 246 g/mol. The maximum atomic E-state index is 9.27. The van der Waals surface area contributed by atoms with Gasteiger partial charge in [0.2, 0.25) is 0 Å². The van der Waals surface area contributed by atoms with E-state index in [9.17, 15) is 5.11 Å². The standard InChI is InChI=1S/C12H26O3Si/c1-12(2,3)16(4,5)15-10-7-6-8-14-11(10)9-13/h10-11,13H,6-9H2,1-5H3/t10?,11-/m0/s1. The Bertz CT molecular complexity index is 223. The minimum atomic E-state index is -1.74. The summed E-state index contributed by atoms with van der Waals surface area (Å²) in [5.74, 6) is 0. The molecule has 1 rings (SSSR count). The van der Waals surface area contributed by atoms with E-state index < -0.39 is 8.32 Å². The molecule has 1 fully saturated rings. The zero-order valence-electron chi connectivity index (χ0n) is 11.2. The first-order valence-corrected chi connectivity index (χ1v) is 9.09. The van der Waals surface area contributed by atoms with Crippen LogP contribution in [0.1, 0.15) is 33.6 Å². The minimum absolute atomic E-state index is 0.0687. The van der Waals surface area contributed by atoms with E-state index in [0.29, 0.717) is 0 Å². The van der Waals surface area contributed by atoms with E-state index in [1.54, 1.807) is 0 Å². The Morgan fingerprint density at radius 1 is 1.38 bits per heavy atom. The molecule has 0 aliphatic carbocycles. The molecule has 0 amide bonds. The fourth-order valence-corrected chi connectivity index (χ4v) is 3.05. The van der Waals surface area contributed by atoms with Crippen LogP contribution in [-0.4, -0.2) is 38.8 Å². The summed E-state index contributed by atoms with van der Waals surface area (Å²) in [6.45, 7) is 12.0. The Balaban J connectivity index is 2.64. The normalized spacial score (nSPS) is 28.1. The predicted octanol–water partition coefficient (Wildman–Crippen LogP) is 2.55. The maximum Gasteiger partial charge on any atom is 0.192 e. The zero-order chi connectivity index (χ0) is 12.4. The highest BCUT2D eigenvalue weighted by atomic mass is 28.4. The van der Waals surface area contributed by atoms with Gasteiger partial charge in [0, 0.05) is 6.61 Å². The van der Waals surface area contributed by atoms with Gasteiger partial charge in [-0.1, -0.05) is 20.8 Å². The van der Waals surface area contributed by atoms with Gasteiger partial charge in [0.05, 0.1) is 12.7 Å². The van der Waals surface area contributed by atoms with Crippen LogP contribution in [-0.2, 0) is 9.16 Å². The lowest BCUT2D eigenvalue weighted by Gasteiger charge is -2.42. The number of rotatable bonds is 3. The van der Waals surface area contributed by atoms with Gasteiger partial charge in [0.25, 0.3) is 0 Å². The quantitative estimate of drug-likeness (QED) is 0.778. The Labute approximate surface area is 100 Å². The third-order valence-corrected chi connectivity index (χ3v) is 8.32. The summed E-state index contributed by atoms with van der Waals surface area (Å²) in [6.07, 6.45) is 2.01. The van der Waals surface area contributed by atoms with Gasteiger partial charge in [-0.05, 0) is 31.0 Å². The van der Waals surface area contributed by atoms with Crippen molar-refractivity contribution >= 4 is 8.32 Å². The summed E-state index contributed by atoms with van der Waals surface area (Å²) in [5, 5.41) is 9.48. The molecule has 16 heavy (non-hydrogen) atoms. The molecular formula is C12H26O3Si. The van der Waals surface area contributed by atoms with Crippen LogP contribution >= 0.6 is 0 Å². The first-order chi connectivity index (χ1) is 7.28. The topological polar surface area (TPSA) is 38.7 Å². The highest BCUT2D eigenvalue weighted by Crippen LogP contribution is 2.38. The molecular weight excluding hydrogens is 220 g/mol. The summed E-state index contributed by atoms with van der Waals surface area (Å²) >= 11 is 0. The molecule has 3 nitrogen and oxygen atoms in total. The number of hydrogen-bond acceptors (Lipinski definition) is 3. The van der Waals surface area contributed by atoms with Gasteiger partial charge < -0.3 is 14.3 Å². The summed E-state index contributed by atoms with van der Waals surface area (Å²) in [6, 6.07) is 0. The first kappa shape index (κ1) is 14.2. The zero-order valence-corrected chi connectivity index (χ0v) is 12.2. The molecule has 0 radical (unpaired) electrons. The Kier molecular flexibility index (Phi) is 4.57. The number of aliphatic hydroxyl groups excluding tert-OH is 1. The van der Waals surface area contributed by atoms with Crippen LogP contribution in [0.5, 0.6) is 0 Å². The molecule has 0 aromatic carbocycles. The van der Waals surface area contributed by atoms with Crippen molar-refractivity contribution in [2.45, 2.75) is 64.0 Å². The van der Waals surface area contributed by atoms with E-state index >= 15 is 0 Å². The molecule has 0 bridgehead atoms. The molecule has 1 heterocycles. The smallest absolute Gasteiger partial charge is 0.192 e. The second kappa shape index (κ2) is 5.17. The average Bonchev–Trinajstić information content (AvgIpc) is 2.16. The van der Waals surface area contributed by atoms with E-state index in [2.05, 4.69) is 33.9 Å². The summed E-state index contributed by atoms with van der Waals surface area (Å²) < 4.78 is 11.8. The van der Waals surface area contributed by atoms with Crippen molar-refractivity contribution in [3.8, 4) is 0 Å². The highest BCUT2D eigenvalue weighted by Gasteiger charge is 2.41. The molecule has 2 atom stereocenters. The third kappa shape index (κ3) is 3.29. The van der Waals surface area contributed by atoms with Crippen LogP contribution in [0, 0.1) is 0 Å². The maximum absolute atomic E-state index is 9.27. The van der Waals surface area contributed by atoms with Gasteiger partial charge in [0.15, 0.2) is 8.32 Å². The van der Waals surface area contributed by atoms with Gasteiger partial charge >= 0.3 is 0 Å². The second-order valence-corrected chi connectivity index (χ2v) is 10.9. The molecule has 0 saturated carbocycles. The van der Waals surface area contributed by atoms with Crippen molar-refractivity contribution < 1.29 is 14.3 Å². The summed E-state index contributed by atoms with van der Waals surface area (Å²) in [5.41, 5.74) is 0. The molecule has 0 aromatic heterocycles. The van der Waals surface area contributed by atoms with Gasteiger partial charge in [0.1, 0.15) is 6.10 Å². The number of aliphatic hydroxyl groups is 1. The minimum Gasteiger partial charge on any atom is -0.411 e. The van der Waals surface area contributed by atoms with Crippen LogP contribution in [0.25, 0.3) is 0 Å². The lowest BCUT2D eigenvalue weighted by atomic mass is 10.1. The van der Waals surface area contributed by atoms with Gasteiger partial charge in [-0.2, -0.15) is 0 Å². The molecule has 1 N–H and O–H groups in total. The van der Waals surface area contributed by atoms with E-state index in [1.807, 2.05) is 0 Å². The lowest BCUT2D eigenvalue weighted by molar-refractivity contribution is -0.0887. The van der Waals surface area contributed by atoms with Crippen LogP contribution in [0.3, 0.4) is 0 Å². The molecule has 96 valence electrons. The molecule has 4 heteroatoms. The number of hydrogen-bond donors (Lipinski definition) is 1. The van der Waals surface area contributed by atoms with Crippen LogP contribution in [0.2, 0.25) is 18.1 Å². The van der Waals surface area contributed by atoms with Gasteiger partial charge in [-0.15, -0.1) is 0 Å². The Morgan fingerprint density at radius 3 is 2.50 bits per heavy atom. The van der Waals surface area contributed by atoms with Gasteiger partial charge in [-0.3, -0.25) is 0 Å². The first-order valence-electron chi connectivity index (χ1n) is 6.18. The lowest BCUT2D eigenvalue weighted by Crippen LogP contribution is -2.49. The molecule has 1 saturated heterocycles. The van der Waals surface area contributed by atoms with Crippen molar-refractivity contribution in [1.29, 1.82) is 0 Å². The van der Waals surface area contributed by atoms with Crippen molar-refractivity contribution in [1.82, 2.24) is 0 Å². The van der Waals surface area contributed by atoms with E-state index in [0.717, 1.165) is 19.4 Å². The Hall–Kier alpha value is 0.0969. The fraction of sp³-hybridized carbons (Fsp3) is 1.00. The van der Waals surface area contributed by atoms with Crippen molar-refractivity contribution in [2.24, 2.45) is 0 Å². The highest BCUT2D eigenvalue weighted by molar-refractivity contribution is 6.74. The monoisotopic (exact) mass is 246 g/mol. The third-order valence-electron chi connectivity index (χ3n) is 3.81. The van der Waals surface area contributed by atoms with Crippen molar-refractivity contribution in [3.63, 3.8) is 0 Å². The number of ether oxygens (including phenoxy) is 1. The van der Waals surface area contributed by atoms with E-state index in [1.165, 1.54) is 0 Å². The second-order valence-electron chi connectivity index (χ2n) is 6.15.